The molecule has 0 spiro atoms. The highest BCUT2D eigenvalue weighted by atomic mass is 32.1. The van der Waals surface area contributed by atoms with E-state index < -0.39 is 0 Å². The van der Waals surface area contributed by atoms with Crippen molar-refractivity contribution in [1.82, 2.24) is 0 Å². The van der Waals surface area contributed by atoms with E-state index in [2.05, 4.69) is 156 Å². The van der Waals surface area contributed by atoms with Gasteiger partial charge in [-0.1, -0.05) is 66.7 Å². The van der Waals surface area contributed by atoms with Crippen LogP contribution in [0.2, 0.25) is 0 Å². The summed E-state index contributed by atoms with van der Waals surface area (Å²) in [7, 11) is 2.15. The Kier molecular flexibility index (Phi) is 5.57. The van der Waals surface area contributed by atoms with Gasteiger partial charge < -0.3 is 9.80 Å². The lowest BCUT2D eigenvalue weighted by molar-refractivity contribution is 1.22. The largest absolute Gasteiger partial charge is 0.345 e. The molecule has 1 heterocycles. The summed E-state index contributed by atoms with van der Waals surface area (Å²) in [5.41, 5.74) is 5.81. The van der Waals surface area contributed by atoms with Crippen LogP contribution in [0, 0.1) is 0 Å². The summed E-state index contributed by atoms with van der Waals surface area (Å²) >= 11 is 1.85. The molecule has 7 aromatic rings. The van der Waals surface area contributed by atoms with Gasteiger partial charge in [0, 0.05) is 55.7 Å². The molecule has 1 aromatic heterocycles. The van der Waals surface area contributed by atoms with Gasteiger partial charge in [-0.05, 0) is 83.6 Å². The Morgan fingerprint density at radius 1 is 0.421 bits per heavy atom. The van der Waals surface area contributed by atoms with Crippen LogP contribution in [0.15, 0.2) is 140 Å². The lowest BCUT2D eigenvalue weighted by Crippen LogP contribution is -2.09. The van der Waals surface area contributed by atoms with Gasteiger partial charge in [-0.25, -0.2) is 0 Å². The van der Waals surface area contributed by atoms with Gasteiger partial charge >= 0.3 is 0 Å². The molecule has 0 aliphatic carbocycles. The molecule has 0 aliphatic heterocycles. The number of hydrogen-bond donors (Lipinski definition) is 0. The third-order valence-corrected chi connectivity index (χ3v) is 8.38. The number of thiophene rings is 1. The first-order valence-corrected chi connectivity index (χ1v) is 13.7. The second kappa shape index (κ2) is 9.37. The predicted octanol–water partition coefficient (Wildman–Crippen LogP) is 10.4. The molecule has 0 aliphatic rings. The van der Waals surface area contributed by atoms with Crippen molar-refractivity contribution in [2.75, 3.05) is 16.8 Å². The second-order valence-electron chi connectivity index (χ2n) is 9.56. The minimum Gasteiger partial charge on any atom is -0.345 e. The molecule has 0 radical (unpaired) electrons. The monoisotopic (exact) mass is 506 g/mol. The van der Waals surface area contributed by atoms with Crippen LogP contribution < -0.4 is 9.80 Å². The van der Waals surface area contributed by atoms with Crippen molar-refractivity contribution in [1.29, 1.82) is 0 Å². The van der Waals surface area contributed by atoms with Crippen LogP contribution in [0.1, 0.15) is 0 Å². The SMILES string of the molecule is CN(c1ccc2ccccc2c1)c1ccc2sc3ccc(N(c4ccccc4)c4ccccc4)cc3c2c1. The molecule has 0 atom stereocenters. The third-order valence-electron chi connectivity index (χ3n) is 7.23. The molecule has 0 N–H and O–H groups in total. The highest BCUT2D eigenvalue weighted by Gasteiger charge is 2.15. The standard InChI is InChI=1S/C35H26N2S/c1-36(29-17-16-25-10-8-9-11-26(25)22-29)30-18-20-34-32(23-30)33-24-31(19-21-35(33)38-34)37(27-12-4-2-5-13-27)28-14-6-3-7-15-28/h2-24H,1H3. The van der Waals surface area contributed by atoms with E-state index in [1.165, 1.54) is 42.3 Å². The van der Waals surface area contributed by atoms with Crippen LogP contribution >= 0.6 is 11.3 Å². The van der Waals surface area contributed by atoms with Gasteiger partial charge in [0.15, 0.2) is 0 Å². The minimum absolute atomic E-state index is 1.15. The summed E-state index contributed by atoms with van der Waals surface area (Å²) < 4.78 is 2.61. The Hall–Kier alpha value is -4.60. The maximum Gasteiger partial charge on any atom is 0.0468 e. The fraction of sp³-hybridized carbons (Fsp3) is 0.0286. The summed E-state index contributed by atoms with van der Waals surface area (Å²) in [5.74, 6) is 0. The highest BCUT2D eigenvalue weighted by Crippen LogP contribution is 2.42. The Morgan fingerprint density at radius 2 is 0.921 bits per heavy atom. The predicted molar refractivity (Wildman–Crippen MR) is 166 cm³/mol. The van der Waals surface area contributed by atoms with Gasteiger partial charge in [-0.2, -0.15) is 0 Å². The van der Waals surface area contributed by atoms with E-state index >= 15 is 0 Å². The van der Waals surface area contributed by atoms with E-state index in [1.54, 1.807) is 0 Å². The molecule has 182 valence electrons. The molecule has 0 saturated heterocycles. The molecule has 0 bridgehead atoms. The second-order valence-corrected chi connectivity index (χ2v) is 10.6. The summed E-state index contributed by atoms with van der Waals surface area (Å²) in [6.07, 6.45) is 0. The number of hydrogen-bond acceptors (Lipinski definition) is 3. The topological polar surface area (TPSA) is 6.48 Å². The maximum atomic E-state index is 2.34. The van der Waals surface area contributed by atoms with Gasteiger partial charge in [0.1, 0.15) is 0 Å². The van der Waals surface area contributed by atoms with Gasteiger partial charge in [0.2, 0.25) is 0 Å². The van der Waals surface area contributed by atoms with Gasteiger partial charge in [-0.3, -0.25) is 0 Å². The molecule has 0 amide bonds. The van der Waals surface area contributed by atoms with E-state index in [0.717, 1.165) is 17.1 Å². The number of anilines is 5. The molecular weight excluding hydrogens is 480 g/mol. The van der Waals surface area contributed by atoms with Crippen molar-refractivity contribution in [3.05, 3.63) is 140 Å². The Labute approximate surface area is 226 Å². The number of benzene rings is 6. The van der Waals surface area contributed by atoms with Gasteiger partial charge in [0.25, 0.3) is 0 Å². The average Bonchev–Trinajstić information content (AvgIpc) is 3.35. The van der Waals surface area contributed by atoms with Crippen LogP contribution in [0.5, 0.6) is 0 Å². The lowest BCUT2D eigenvalue weighted by atomic mass is 10.1. The fourth-order valence-corrected chi connectivity index (χ4v) is 6.30. The van der Waals surface area contributed by atoms with Gasteiger partial charge in [-0.15, -0.1) is 11.3 Å². The zero-order chi connectivity index (χ0) is 25.5. The summed E-state index contributed by atoms with van der Waals surface area (Å²) in [6.45, 7) is 0. The van der Waals surface area contributed by atoms with Crippen molar-refractivity contribution < 1.29 is 0 Å². The maximum absolute atomic E-state index is 2.34. The normalized spacial score (nSPS) is 11.3. The number of para-hydroxylation sites is 2. The first-order chi connectivity index (χ1) is 18.7. The zero-order valence-electron chi connectivity index (χ0n) is 21.1. The van der Waals surface area contributed by atoms with Crippen LogP contribution in [-0.4, -0.2) is 7.05 Å². The summed E-state index contributed by atoms with van der Waals surface area (Å²) in [5, 5.41) is 5.09. The van der Waals surface area contributed by atoms with Crippen molar-refractivity contribution in [2.24, 2.45) is 0 Å². The molecular formula is C35H26N2S. The van der Waals surface area contributed by atoms with E-state index in [4.69, 9.17) is 0 Å². The Bertz CT molecular complexity index is 1850. The molecule has 3 heteroatoms. The average molecular weight is 507 g/mol. The summed E-state index contributed by atoms with van der Waals surface area (Å²) in [6, 6.07) is 50.0. The van der Waals surface area contributed by atoms with Crippen LogP contribution in [0.25, 0.3) is 30.9 Å². The zero-order valence-corrected chi connectivity index (χ0v) is 21.9. The molecule has 0 fully saturated rings. The Morgan fingerprint density at radius 3 is 1.58 bits per heavy atom. The molecule has 0 saturated carbocycles. The lowest BCUT2D eigenvalue weighted by Gasteiger charge is -2.25. The first-order valence-electron chi connectivity index (χ1n) is 12.8. The molecule has 38 heavy (non-hydrogen) atoms. The van der Waals surface area contributed by atoms with E-state index in [9.17, 15) is 0 Å². The molecule has 2 nitrogen and oxygen atoms in total. The summed E-state index contributed by atoms with van der Waals surface area (Å²) in [4.78, 5) is 4.60. The number of rotatable bonds is 5. The van der Waals surface area contributed by atoms with E-state index in [1.807, 2.05) is 11.3 Å². The van der Waals surface area contributed by atoms with Crippen molar-refractivity contribution in [2.45, 2.75) is 0 Å². The molecule has 0 unspecified atom stereocenters. The van der Waals surface area contributed by atoms with E-state index in [-0.39, 0.29) is 0 Å². The van der Waals surface area contributed by atoms with Crippen LogP contribution in [0.4, 0.5) is 28.4 Å². The minimum atomic E-state index is 1.15. The van der Waals surface area contributed by atoms with Crippen molar-refractivity contribution in [3.8, 4) is 0 Å². The Balaban J connectivity index is 1.34. The third kappa shape index (κ3) is 3.98. The van der Waals surface area contributed by atoms with E-state index in [0.29, 0.717) is 0 Å². The fourth-order valence-electron chi connectivity index (χ4n) is 5.24. The van der Waals surface area contributed by atoms with Gasteiger partial charge in [0.05, 0.1) is 0 Å². The van der Waals surface area contributed by atoms with Crippen molar-refractivity contribution in [3.63, 3.8) is 0 Å². The smallest absolute Gasteiger partial charge is 0.0468 e. The first kappa shape index (κ1) is 22.6. The highest BCUT2D eigenvalue weighted by molar-refractivity contribution is 7.25. The van der Waals surface area contributed by atoms with Crippen molar-refractivity contribution >= 4 is 70.7 Å². The molecule has 6 aromatic carbocycles. The molecule has 7 rings (SSSR count). The quantitative estimate of drug-likeness (QED) is 0.229. The number of fused-ring (bicyclic) bond motifs is 4. The van der Waals surface area contributed by atoms with Crippen LogP contribution in [-0.2, 0) is 0 Å². The van der Waals surface area contributed by atoms with Crippen LogP contribution in [0.3, 0.4) is 0 Å². The number of nitrogens with zero attached hydrogens (tertiary/aromatic N) is 2.